The highest BCUT2D eigenvalue weighted by atomic mass is 16.3. The number of para-hydroxylation sites is 3. The highest BCUT2D eigenvalue weighted by molar-refractivity contribution is 6.21. The van der Waals surface area contributed by atoms with Gasteiger partial charge in [-0.2, -0.15) is 0 Å². The smallest absolute Gasteiger partial charge is 0.159 e. The van der Waals surface area contributed by atoms with E-state index in [1.807, 2.05) is 0 Å². The molecule has 0 spiro atoms. The number of hydrogen-bond acceptors (Lipinski definition) is 2. The zero-order valence-electron chi connectivity index (χ0n) is 19.6. The van der Waals surface area contributed by atoms with Crippen molar-refractivity contribution in [2.75, 3.05) is 4.90 Å². The topological polar surface area (TPSA) is 16.4 Å². The Morgan fingerprint density at radius 2 is 1.14 bits per heavy atom. The molecule has 36 heavy (non-hydrogen) atoms. The molecule has 1 aromatic heterocycles. The Labute approximate surface area is 209 Å². The summed E-state index contributed by atoms with van der Waals surface area (Å²) in [6.07, 6.45) is 0. The Bertz CT molecular complexity index is 1830. The van der Waals surface area contributed by atoms with E-state index in [2.05, 4.69) is 144 Å². The van der Waals surface area contributed by atoms with Gasteiger partial charge in [-0.05, 0) is 46.7 Å². The number of hydrogen-bond donors (Lipinski definition) is 0. The Kier molecular flexibility index (Phi) is 4.82. The average Bonchev–Trinajstić information content (AvgIpc) is 3.35. The summed E-state index contributed by atoms with van der Waals surface area (Å²) < 4.78 is 6.62. The lowest BCUT2D eigenvalue weighted by Gasteiger charge is -2.27. The molecule has 0 amide bonds. The molecule has 0 saturated heterocycles. The van der Waals surface area contributed by atoms with Crippen LogP contribution in [0.5, 0.6) is 0 Å². The van der Waals surface area contributed by atoms with Crippen LogP contribution in [0.15, 0.2) is 144 Å². The molecule has 0 aliphatic heterocycles. The summed E-state index contributed by atoms with van der Waals surface area (Å²) in [6.45, 7) is 0. The van der Waals surface area contributed by atoms with Crippen LogP contribution in [0.1, 0.15) is 0 Å². The van der Waals surface area contributed by atoms with Gasteiger partial charge < -0.3 is 9.32 Å². The molecule has 0 saturated carbocycles. The van der Waals surface area contributed by atoms with Crippen molar-refractivity contribution >= 4 is 49.8 Å². The summed E-state index contributed by atoms with van der Waals surface area (Å²) in [5.74, 6) is 0. The van der Waals surface area contributed by atoms with Crippen molar-refractivity contribution in [1.29, 1.82) is 0 Å². The first kappa shape index (κ1) is 20.5. The van der Waals surface area contributed by atoms with E-state index >= 15 is 0 Å². The zero-order chi connectivity index (χ0) is 23.9. The highest BCUT2D eigenvalue weighted by Gasteiger charge is 2.22. The first-order valence-corrected chi connectivity index (χ1v) is 12.2. The van der Waals surface area contributed by atoms with Crippen molar-refractivity contribution in [2.45, 2.75) is 0 Å². The normalized spacial score (nSPS) is 11.3. The molecule has 7 aromatic rings. The summed E-state index contributed by atoms with van der Waals surface area (Å²) in [4.78, 5) is 2.31. The summed E-state index contributed by atoms with van der Waals surface area (Å²) in [5.41, 5.74) is 7.34. The minimum atomic E-state index is 0.885. The van der Waals surface area contributed by atoms with Gasteiger partial charge in [0.05, 0.1) is 11.4 Å². The second kappa shape index (κ2) is 8.44. The maximum atomic E-state index is 6.62. The number of benzene rings is 6. The zero-order valence-corrected chi connectivity index (χ0v) is 19.6. The molecule has 170 valence electrons. The van der Waals surface area contributed by atoms with Gasteiger partial charge >= 0.3 is 0 Å². The minimum absolute atomic E-state index is 0.885. The molecule has 0 aliphatic carbocycles. The lowest BCUT2D eigenvalue weighted by atomic mass is 10.0. The molecule has 0 atom stereocenters. The van der Waals surface area contributed by atoms with Crippen molar-refractivity contribution in [3.05, 3.63) is 140 Å². The van der Waals surface area contributed by atoms with E-state index in [-0.39, 0.29) is 0 Å². The molecule has 0 radical (unpaired) electrons. The Balaban J connectivity index is 1.55. The van der Waals surface area contributed by atoms with E-state index in [4.69, 9.17) is 4.42 Å². The van der Waals surface area contributed by atoms with Gasteiger partial charge in [-0.15, -0.1) is 0 Å². The first-order chi connectivity index (χ1) is 17.9. The van der Waals surface area contributed by atoms with Crippen LogP contribution in [0.4, 0.5) is 17.1 Å². The van der Waals surface area contributed by atoms with Crippen LogP contribution in [0.25, 0.3) is 43.8 Å². The van der Waals surface area contributed by atoms with Crippen molar-refractivity contribution in [1.82, 2.24) is 0 Å². The van der Waals surface area contributed by atoms with Gasteiger partial charge in [0.15, 0.2) is 5.58 Å². The van der Waals surface area contributed by atoms with E-state index in [1.54, 1.807) is 0 Å². The number of fused-ring (bicyclic) bond motifs is 5. The summed E-state index contributed by atoms with van der Waals surface area (Å²) in [7, 11) is 0. The molecule has 7 rings (SSSR count). The second-order valence-corrected chi connectivity index (χ2v) is 8.97. The Hall–Kier alpha value is -4.82. The van der Waals surface area contributed by atoms with Crippen LogP contribution in [0.2, 0.25) is 0 Å². The third-order valence-corrected chi connectivity index (χ3v) is 6.85. The third-order valence-electron chi connectivity index (χ3n) is 6.85. The molecule has 0 unspecified atom stereocenters. The second-order valence-electron chi connectivity index (χ2n) is 8.97. The van der Waals surface area contributed by atoms with Gasteiger partial charge in [0.25, 0.3) is 0 Å². The van der Waals surface area contributed by atoms with Gasteiger partial charge in [0, 0.05) is 22.0 Å². The number of nitrogens with zero attached hydrogens (tertiary/aromatic N) is 1. The van der Waals surface area contributed by atoms with Crippen LogP contribution in [0, 0.1) is 0 Å². The molecule has 0 N–H and O–H groups in total. The van der Waals surface area contributed by atoms with Crippen LogP contribution < -0.4 is 4.90 Å². The summed E-state index contributed by atoms with van der Waals surface area (Å²) in [5, 5.41) is 4.71. The van der Waals surface area contributed by atoms with E-state index in [0.717, 1.165) is 39.0 Å². The Morgan fingerprint density at radius 3 is 2.00 bits per heavy atom. The van der Waals surface area contributed by atoms with E-state index in [0.29, 0.717) is 0 Å². The van der Waals surface area contributed by atoms with E-state index in [9.17, 15) is 0 Å². The van der Waals surface area contributed by atoms with Crippen LogP contribution in [-0.2, 0) is 0 Å². The van der Waals surface area contributed by atoms with Gasteiger partial charge in [0.1, 0.15) is 5.58 Å². The molecule has 6 aromatic carbocycles. The Morgan fingerprint density at radius 1 is 0.472 bits per heavy atom. The quantitative estimate of drug-likeness (QED) is 0.259. The first-order valence-electron chi connectivity index (χ1n) is 12.2. The summed E-state index contributed by atoms with van der Waals surface area (Å²) >= 11 is 0. The van der Waals surface area contributed by atoms with Gasteiger partial charge in [0.2, 0.25) is 0 Å². The molecular weight excluding hydrogens is 438 g/mol. The molecule has 1 heterocycles. The molecule has 0 fully saturated rings. The molecule has 2 nitrogen and oxygen atoms in total. The fourth-order valence-electron chi connectivity index (χ4n) is 5.24. The predicted octanol–water partition coefficient (Wildman–Crippen LogP) is 9.88. The van der Waals surface area contributed by atoms with Crippen LogP contribution >= 0.6 is 0 Å². The minimum Gasteiger partial charge on any atom is -0.454 e. The standard InChI is InChI=1S/C34H23NO/c1-3-12-24(13-4-1)27-17-9-10-20-30(27)35(26-15-5-2-6-16-26)31-21-11-19-29-33-28-18-8-7-14-25(28)22-23-32(33)36-34(29)31/h1-23H. The number of anilines is 3. The summed E-state index contributed by atoms with van der Waals surface area (Å²) in [6, 6.07) is 48.9. The maximum Gasteiger partial charge on any atom is 0.159 e. The highest BCUT2D eigenvalue weighted by Crippen LogP contribution is 2.45. The molecule has 0 bridgehead atoms. The van der Waals surface area contributed by atoms with Gasteiger partial charge in [-0.3, -0.25) is 0 Å². The van der Waals surface area contributed by atoms with E-state index < -0.39 is 0 Å². The van der Waals surface area contributed by atoms with E-state index in [1.165, 1.54) is 21.9 Å². The monoisotopic (exact) mass is 461 g/mol. The fraction of sp³-hybridized carbons (Fsp3) is 0. The molecule has 0 aliphatic rings. The number of furan rings is 1. The van der Waals surface area contributed by atoms with Crippen molar-refractivity contribution in [3.8, 4) is 11.1 Å². The predicted molar refractivity (Wildman–Crippen MR) is 151 cm³/mol. The van der Waals surface area contributed by atoms with Gasteiger partial charge in [-0.25, -0.2) is 0 Å². The lowest BCUT2D eigenvalue weighted by Crippen LogP contribution is -2.11. The van der Waals surface area contributed by atoms with Crippen LogP contribution in [-0.4, -0.2) is 0 Å². The van der Waals surface area contributed by atoms with Gasteiger partial charge in [-0.1, -0.05) is 109 Å². The van der Waals surface area contributed by atoms with Crippen molar-refractivity contribution in [2.24, 2.45) is 0 Å². The fourth-order valence-corrected chi connectivity index (χ4v) is 5.24. The maximum absolute atomic E-state index is 6.62. The lowest BCUT2D eigenvalue weighted by molar-refractivity contribution is 0.669. The average molecular weight is 462 g/mol. The largest absolute Gasteiger partial charge is 0.454 e. The van der Waals surface area contributed by atoms with Crippen molar-refractivity contribution < 1.29 is 4.42 Å². The van der Waals surface area contributed by atoms with Crippen LogP contribution in [0.3, 0.4) is 0 Å². The third kappa shape index (κ3) is 3.27. The molecular formula is C34H23NO. The SMILES string of the molecule is c1ccc(-c2ccccc2N(c2ccccc2)c2cccc3c2oc2ccc4ccccc4c23)cc1. The molecule has 2 heteroatoms. The number of rotatable bonds is 4. The van der Waals surface area contributed by atoms with Crippen molar-refractivity contribution in [3.63, 3.8) is 0 Å².